The average molecular weight is 177 g/mol. The maximum atomic E-state index is 9.54. The highest BCUT2D eigenvalue weighted by atomic mass is 16.3. The molecule has 0 saturated carbocycles. The SMILES string of the molecule is CCc1nnc2c(O)cc(C)cn12. The van der Waals surface area contributed by atoms with E-state index in [1.54, 1.807) is 6.07 Å². The van der Waals surface area contributed by atoms with Crippen LogP contribution < -0.4 is 0 Å². The van der Waals surface area contributed by atoms with E-state index in [1.807, 2.05) is 24.4 Å². The number of fused-ring (bicyclic) bond motifs is 1. The average Bonchev–Trinajstić information content (AvgIpc) is 2.47. The zero-order valence-corrected chi connectivity index (χ0v) is 7.65. The summed E-state index contributed by atoms with van der Waals surface area (Å²) >= 11 is 0. The lowest BCUT2D eigenvalue weighted by Crippen LogP contribution is -1.92. The molecule has 0 saturated heterocycles. The summed E-state index contributed by atoms with van der Waals surface area (Å²) in [6, 6.07) is 1.68. The molecule has 1 N–H and O–H groups in total. The molecule has 13 heavy (non-hydrogen) atoms. The molecule has 0 fully saturated rings. The molecule has 0 aliphatic rings. The van der Waals surface area contributed by atoms with Crippen LogP contribution in [0.15, 0.2) is 12.3 Å². The Morgan fingerprint density at radius 3 is 2.92 bits per heavy atom. The number of aryl methyl sites for hydroxylation is 2. The van der Waals surface area contributed by atoms with Gasteiger partial charge in [0, 0.05) is 12.6 Å². The van der Waals surface area contributed by atoms with Gasteiger partial charge in [-0.3, -0.25) is 4.40 Å². The molecule has 2 aromatic heterocycles. The first kappa shape index (κ1) is 8.04. The number of nitrogens with zero attached hydrogens (tertiary/aromatic N) is 3. The number of hydrogen-bond acceptors (Lipinski definition) is 3. The van der Waals surface area contributed by atoms with E-state index in [-0.39, 0.29) is 5.75 Å². The monoisotopic (exact) mass is 177 g/mol. The molecule has 0 aliphatic heterocycles. The number of aromatic nitrogens is 3. The third-order valence-corrected chi connectivity index (χ3v) is 2.01. The van der Waals surface area contributed by atoms with Crippen LogP contribution in [0.5, 0.6) is 5.75 Å². The smallest absolute Gasteiger partial charge is 0.203 e. The van der Waals surface area contributed by atoms with Crippen LogP contribution in [0, 0.1) is 6.92 Å². The molecule has 0 unspecified atom stereocenters. The third-order valence-electron chi connectivity index (χ3n) is 2.01. The lowest BCUT2D eigenvalue weighted by Gasteiger charge is -2.00. The minimum Gasteiger partial charge on any atom is -0.504 e. The summed E-state index contributed by atoms with van der Waals surface area (Å²) < 4.78 is 1.82. The van der Waals surface area contributed by atoms with Crippen molar-refractivity contribution in [1.82, 2.24) is 14.6 Å². The van der Waals surface area contributed by atoms with Gasteiger partial charge in [0.1, 0.15) is 5.82 Å². The minimum atomic E-state index is 0.187. The molecule has 2 aromatic rings. The molecule has 0 spiro atoms. The van der Waals surface area contributed by atoms with Gasteiger partial charge in [0.05, 0.1) is 0 Å². The molecular formula is C9H11N3O. The van der Waals surface area contributed by atoms with Gasteiger partial charge in [-0.1, -0.05) is 6.92 Å². The summed E-state index contributed by atoms with van der Waals surface area (Å²) in [6.07, 6.45) is 2.73. The van der Waals surface area contributed by atoms with Crippen molar-refractivity contribution in [3.05, 3.63) is 23.7 Å². The first-order chi connectivity index (χ1) is 6.22. The zero-order valence-electron chi connectivity index (χ0n) is 7.65. The zero-order chi connectivity index (χ0) is 9.42. The second-order valence-corrected chi connectivity index (χ2v) is 3.07. The first-order valence-corrected chi connectivity index (χ1v) is 4.25. The van der Waals surface area contributed by atoms with Crippen molar-refractivity contribution in [3.63, 3.8) is 0 Å². The highest BCUT2D eigenvalue weighted by Crippen LogP contribution is 2.18. The van der Waals surface area contributed by atoms with Crippen LogP contribution in [-0.4, -0.2) is 19.7 Å². The van der Waals surface area contributed by atoms with Crippen molar-refractivity contribution in [2.24, 2.45) is 0 Å². The van der Waals surface area contributed by atoms with Crippen LogP contribution in [0.1, 0.15) is 18.3 Å². The molecule has 0 aliphatic carbocycles. The van der Waals surface area contributed by atoms with Crippen LogP contribution in [0.3, 0.4) is 0 Å². The molecule has 0 atom stereocenters. The first-order valence-electron chi connectivity index (χ1n) is 4.25. The van der Waals surface area contributed by atoms with Gasteiger partial charge in [0.25, 0.3) is 0 Å². The van der Waals surface area contributed by atoms with Crippen molar-refractivity contribution in [1.29, 1.82) is 0 Å². The Bertz CT molecular complexity index is 447. The van der Waals surface area contributed by atoms with Crippen LogP contribution in [-0.2, 0) is 6.42 Å². The van der Waals surface area contributed by atoms with E-state index in [0.717, 1.165) is 17.8 Å². The standard InChI is InChI=1S/C9H11N3O/c1-3-8-10-11-9-7(13)4-6(2)5-12(8)9/h4-5,13H,3H2,1-2H3. The Morgan fingerprint density at radius 2 is 2.23 bits per heavy atom. The predicted molar refractivity (Wildman–Crippen MR) is 48.8 cm³/mol. The van der Waals surface area contributed by atoms with E-state index < -0.39 is 0 Å². The topological polar surface area (TPSA) is 50.4 Å². The lowest BCUT2D eigenvalue weighted by atomic mass is 10.3. The quantitative estimate of drug-likeness (QED) is 0.714. The molecule has 4 nitrogen and oxygen atoms in total. The number of pyridine rings is 1. The van der Waals surface area contributed by atoms with Crippen LogP contribution in [0.4, 0.5) is 0 Å². The molecule has 0 bridgehead atoms. The predicted octanol–water partition coefficient (Wildman–Crippen LogP) is 1.31. The maximum absolute atomic E-state index is 9.54. The van der Waals surface area contributed by atoms with Gasteiger partial charge in [0.15, 0.2) is 5.75 Å². The molecule has 0 radical (unpaired) electrons. The summed E-state index contributed by atoms with van der Waals surface area (Å²) in [5, 5.41) is 17.4. The molecular weight excluding hydrogens is 166 g/mol. The Morgan fingerprint density at radius 1 is 1.46 bits per heavy atom. The molecule has 2 rings (SSSR count). The van der Waals surface area contributed by atoms with Crippen LogP contribution >= 0.6 is 0 Å². The van der Waals surface area contributed by atoms with Gasteiger partial charge in [-0.2, -0.15) is 0 Å². The van der Waals surface area contributed by atoms with E-state index in [4.69, 9.17) is 0 Å². The minimum absolute atomic E-state index is 0.187. The summed E-state index contributed by atoms with van der Waals surface area (Å²) in [5.74, 6) is 1.06. The van der Waals surface area contributed by atoms with Gasteiger partial charge >= 0.3 is 0 Å². The normalized spacial score (nSPS) is 10.9. The summed E-state index contributed by atoms with van der Waals surface area (Å²) in [5.41, 5.74) is 1.53. The summed E-state index contributed by atoms with van der Waals surface area (Å²) in [4.78, 5) is 0. The van der Waals surface area contributed by atoms with Crippen LogP contribution in [0.2, 0.25) is 0 Å². The second kappa shape index (κ2) is 2.73. The Hall–Kier alpha value is -1.58. The number of aromatic hydroxyl groups is 1. The molecule has 68 valence electrons. The van der Waals surface area contributed by atoms with Crippen LogP contribution in [0.25, 0.3) is 5.65 Å². The van der Waals surface area contributed by atoms with Gasteiger partial charge in [-0.25, -0.2) is 0 Å². The summed E-state index contributed by atoms with van der Waals surface area (Å²) in [7, 11) is 0. The van der Waals surface area contributed by atoms with Gasteiger partial charge in [-0.15, -0.1) is 10.2 Å². The highest BCUT2D eigenvalue weighted by Gasteiger charge is 2.07. The van der Waals surface area contributed by atoms with Gasteiger partial charge < -0.3 is 5.11 Å². The fraction of sp³-hybridized carbons (Fsp3) is 0.333. The van der Waals surface area contributed by atoms with Crippen molar-refractivity contribution in [3.8, 4) is 5.75 Å². The Balaban J connectivity index is 2.82. The van der Waals surface area contributed by atoms with Crippen molar-refractivity contribution in [2.75, 3.05) is 0 Å². The summed E-state index contributed by atoms with van der Waals surface area (Å²) in [6.45, 7) is 3.94. The lowest BCUT2D eigenvalue weighted by molar-refractivity contribution is 0.477. The molecule has 4 heteroatoms. The Kier molecular flexibility index (Phi) is 1.69. The van der Waals surface area contributed by atoms with Gasteiger partial charge in [-0.05, 0) is 18.6 Å². The largest absolute Gasteiger partial charge is 0.504 e. The fourth-order valence-corrected chi connectivity index (χ4v) is 1.40. The van der Waals surface area contributed by atoms with E-state index in [0.29, 0.717) is 5.65 Å². The van der Waals surface area contributed by atoms with E-state index in [2.05, 4.69) is 10.2 Å². The number of rotatable bonds is 1. The van der Waals surface area contributed by atoms with Crippen molar-refractivity contribution in [2.45, 2.75) is 20.3 Å². The van der Waals surface area contributed by atoms with E-state index >= 15 is 0 Å². The third kappa shape index (κ3) is 1.14. The highest BCUT2D eigenvalue weighted by molar-refractivity contribution is 5.53. The number of hydrogen-bond donors (Lipinski definition) is 1. The maximum Gasteiger partial charge on any atom is 0.203 e. The molecule has 0 amide bonds. The van der Waals surface area contributed by atoms with E-state index in [9.17, 15) is 5.11 Å². The second-order valence-electron chi connectivity index (χ2n) is 3.07. The van der Waals surface area contributed by atoms with Crippen molar-refractivity contribution < 1.29 is 5.11 Å². The van der Waals surface area contributed by atoms with Gasteiger partial charge in [0.2, 0.25) is 5.65 Å². The Labute approximate surface area is 75.8 Å². The van der Waals surface area contributed by atoms with E-state index in [1.165, 1.54) is 0 Å². The fourth-order valence-electron chi connectivity index (χ4n) is 1.40. The molecule has 0 aromatic carbocycles. The molecule has 2 heterocycles. The van der Waals surface area contributed by atoms with Crippen molar-refractivity contribution >= 4 is 5.65 Å².